The quantitative estimate of drug-likeness (QED) is 0.862. The van der Waals surface area contributed by atoms with Crippen molar-refractivity contribution in [1.29, 1.82) is 0 Å². The van der Waals surface area contributed by atoms with E-state index >= 15 is 0 Å². The summed E-state index contributed by atoms with van der Waals surface area (Å²) >= 11 is 0. The second-order valence-electron chi connectivity index (χ2n) is 7.61. The van der Waals surface area contributed by atoms with E-state index < -0.39 is 0 Å². The molecule has 0 aromatic rings. The van der Waals surface area contributed by atoms with Gasteiger partial charge in [0.2, 0.25) is 5.91 Å². The highest BCUT2D eigenvalue weighted by Crippen LogP contribution is 2.36. The summed E-state index contributed by atoms with van der Waals surface area (Å²) in [6.07, 6.45) is 7.35. The van der Waals surface area contributed by atoms with Gasteiger partial charge in [-0.1, -0.05) is 33.6 Å². The lowest BCUT2D eigenvalue weighted by molar-refractivity contribution is -0.145. The summed E-state index contributed by atoms with van der Waals surface area (Å²) in [6.45, 7) is 8.72. The number of piperidine rings is 1. The Balaban J connectivity index is 2.00. The fourth-order valence-corrected chi connectivity index (χ4v) is 4.02. The molecule has 0 radical (unpaired) electrons. The Morgan fingerprint density at radius 1 is 1.20 bits per heavy atom. The molecule has 116 valence electrons. The zero-order valence-electron chi connectivity index (χ0n) is 13.7. The van der Waals surface area contributed by atoms with Crippen LogP contribution in [0.2, 0.25) is 0 Å². The van der Waals surface area contributed by atoms with Crippen LogP contribution in [0.4, 0.5) is 0 Å². The van der Waals surface area contributed by atoms with E-state index in [1.165, 1.54) is 38.5 Å². The number of rotatable bonds is 3. The van der Waals surface area contributed by atoms with Crippen molar-refractivity contribution in [2.45, 2.75) is 65.3 Å². The number of nitrogens with one attached hydrogen (secondary N) is 1. The first kappa shape index (κ1) is 15.8. The highest BCUT2D eigenvalue weighted by molar-refractivity contribution is 5.82. The predicted octanol–water partition coefficient (Wildman–Crippen LogP) is 3.05. The van der Waals surface area contributed by atoms with E-state index in [-0.39, 0.29) is 5.41 Å². The van der Waals surface area contributed by atoms with Crippen LogP contribution >= 0.6 is 0 Å². The van der Waals surface area contributed by atoms with E-state index in [9.17, 15) is 4.79 Å². The minimum absolute atomic E-state index is 0.233. The van der Waals surface area contributed by atoms with Gasteiger partial charge in [0.15, 0.2) is 0 Å². The van der Waals surface area contributed by atoms with Gasteiger partial charge in [-0.3, -0.25) is 4.79 Å². The summed E-state index contributed by atoms with van der Waals surface area (Å²) < 4.78 is 0. The van der Waals surface area contributed by atoms with Crippen LogP contribution < -0.4 is 5.32 Å². The maximum atomic E-state index is 13.0. The maximum absolute atomic E-state index is 13.0. The third-order valence-electron chi connectivity index (χ3n) is 5.65. The number of amides is 1. The van der Waals surface area contributed by atoms with Crippen molar-refractivity contribution in [3.8, 4) is 0 Å². The monoisotopic (exact) mass is 280 g/mol. The van der Waals surface area contributed by atoms with E-state index in [4.69, 9.17) is 0 Å². The van der Waals surface area contributed by atoms with Crippen molar-refractivity contribution >= 4 is 5.91 Å². The zero-order valence-corrected chi connectivity index (χ0v) is 13.7. The van der Waals surface area contributed by atoms with Crippen LogP contribution in [-0.4, -0.2) is 37.0 Å². The molecule has 1 heterocycles. The average Bonchev–Trinajstić information content (AvgIpc) is 2.46. The van der Waals surface area contributed by atoms with Crippen molar-refractivity contribution in [3.05, 3.63) is 0 Å². The van der Waals surface area contributed by atoms with Crippen molar-refractivity contribution in [3.63, 3.8) is 0 Å². The Hall–Kier alpha value is -0.570. The molecule has 2 aliphatic rings. The van der Waals surface area contributed by atoms with Crippen LogP contribution in [0.25, 0.3) is 0 Å². The normalized spacial score (nSPS) is 31.9. The van der Waals surface area contributed by atoms with Crippen LogP contribution in [-0.2, 0) is 4.79 Å². The average molecular weight is 280 g/mol. The molecular weight excluding hydrogens is 248 g/mol. The molecule has 1 aliphatic carbocycles. The lowest BCUT2D eigenvalue weighted by atomic mass is 9.73. The van der Waals surface area contributed by atoms with Gasteiger partial charge in [0, 0.05) is 18.5 Å². The van der Waals surface area contributed by atoms with Gasteiger partial charge >= 0.3 is 0 Å². The second-order valence-corrected chi connectivity index (χ2v) is 7.61. The molecule has 2 fully saturated rings. The number of nitrogens with zero attached hydrogens (tertiary/aromatic N) is 1. The van der Waals surface area contributed by atoms with Crippen LogP contribution in [0.1, 0.15) is 59.3 Å². The van der Waals surface area contributed by atoms with Gasteiger partial charge in [-0.05, 0) is 50.6 Å². The summed E-state index contributed by atoms with van der Waals surface area (Å²) in [7, 11) is 2.03. The molecule has 1 aliphatic heterocycles. The van der Waals surface area contributed by atoms with E-state index in [2.05, 4.69) is 31.0 Å². The summed E-state index contributed by atoms with van der Waals surface area (Å²) in [5, 5.41) is 3.45. The van der Waals surface area contributed by atoms with E-state index in [0.29, 0.717) is 17.9 Å². The van der Waals surface area contributed by atoms with Crippen LogP contribution in [0.5, 0.6) is 0 Å². The third kappa shape index (κ3) is 3.36. The van der Waals surface area contributed by atoms with Gasteiger partial charge < -0.3 is 10.2 Å². The Kier molecular flexibility index (Phi) is 5.11. The lowest BCUT2D eigenvalue weighted by Crippen LogP contribution is -2.51. The fraction of sp³-hybridized carbons (Fsp3) is 0.941. The van der Waals surface area contributed by atoms with Crippen molar-refractivity contribution < 1.29 is 4.79 Å². The van der Waals surface area contributed by atoms with Crippen molar-refractivity contribution in [2.24, 2.45) is 17.3 Å². The van der Waals surface area contributed by atoms with Gasteiger partial charge in [-0.25, -0.2) is 0 Å². The Labute approximate surface area is 124 Å². The SMILES string of the molecule is CC1CCCC(N(C)C(=O)C(C)(C)C2CCCNC2)C1. The first-order chi connectivity index (χ1) is 9.43. The highest BCUT2D eigenvalue weighted by Gasteiger charge is 2.40. The molecule has 3 nitrogen and oxygen atoms in total. The molecule has 3 heteroatoms. The minimum atomic E-state index is -0.233. The van der Waals surface area contributed by atoms with Crippen LogP contribution in [0.15, 0.2) is 0 Å². The van der Waals surface area contributed by atoms with Gasteiger partial charge in [0.25, 0.3) is 0 Å². The zero-order chi connectivity index (χ0) is 14.8. The lowest BCUT2D eigenvalue weighted by Gasteiger charge is -2.42. The van der Waals surface area contributed by atoms with Gasteiger partial charge in [-0.15, -0.1) is 0 Å². The number of carbonyl (C=O) groups is 1. The van der Waals surface area contributed by atoms with Crippen LogP contribution in [0, 0.1) is 17.3 Å². The second kappa shape index (κ2) is 6.46. The number of carbonyl (C=O) groups excluding carboxylic acids is 1. The Morgan fingerprint density at radius 2 is 1.95 bits per heavy atom. The first-order valence-corrected chi connectivity index (χ1v) is 8.41. The Morgan fingerprint density at radius 3 is 2.55 bits per heavy atom. The molecule has 0 spiro atoms. The molecular formula is C17H32N2O. The summed E-state index contributed by atoms with van der Waals surface area (Å²) in [5.41, 5.74) is -0.233. The largest absolute Gasteiger partial charge is 0.342 e. The highest BCUT2D eigenvalue weighted by atomic mass is 16.2. The summed E-state index contributed by atoms with van der Waals surface area (Å²) in [4.78, 5) is 15.0. The minimum Gasteiger partial charge on any atom is -0.342 e. The van der Waals surface area contributed by atoms with Gasteiger partial charge in [-0.2, -0.15) is 0 Å². The molecule has 0 bridgehead atoms. The molecule has 2 rings (SSSR count). The first-order valence-electron chi connectivity index (χ1n) is 8.41. The van der Waals surface area contributed by atoms with E-state index in [0.717, 1.165) is 19.0 Å². The third-order valence-corrected chi connectivity index (χ3v) is 5.65. The maximum Gasteiger partial charge on any atom is 0.228 e. The Bertz CT molecular complexity index is 334. The van der Waals surface area contributed by atoms with E-state index in [1.54, 1.807) is 0 Å². The standard InChI is InChI=1S/C17H32N2O/c1-13-7-5-9-15(11-13)19(4)16(20)17(2,3)14-8-6-10-18-12-14/h13-15,18H,5-12H2,1-4H3. The molecule has 1 saturated heterocycles. The summed E-state index contributed by atoms with van der Waals surface area (Å²) in [5.74, 6) is 1.60. The fourth-order valence-electron chi connectivity index (χ4n) is 4.02. The van der Waals surface area contributed by atoms with Gasteiger partial charge in [0.05, 0.1) is 0 Å². The molecule has 1 N–H and O–H groups in total. The molecule has 0 aromatic heterocycles. The topological polar surface area (TPSA) is 32.3 Å². The van der Waals surface area contributed by atoms with Gasteiger partial charge in [0.1, 0.15) is 0 Å². The molecule has 3 atom stereocenters. The van der Waals surface area contributed by atoms with E-state index in [1.807, 2.05) is 7.05 Å². The molecule has 3 unspecified atom stereocenters. The number of hydrogen-bond acceptors (Lipinski definition) is 2. The smallest absolute Gasteiger partial charge is 0.228 e. The van der Waals surface area contributed by atoms with Crippen molar-refractivity contribution in [2.75, 3.05) is 20.1 Å². The van der Waals surface area contributed by atoms with Crippen molar-refractivity contribution in [1.82, 2.24) is 10.2 Å². The molecule has 20 heavy (non-hydrogen) atoms. The van der Waals surface area contributed by atoms with Crippen LogP contribution in [0.3, 0.4) is 0 Å². The summed E-state index contributed by atoms with van der Waals surface area (Å²) in [6, 6.07) is 0.460. The molecule has 0 aromatic carbocycles. The molecule has 1 amide bonds. The predicted molar refractivity (Wildman–Crippen MR) is 83.6 cm³/mol. The molecule has 1 saturated carbocycles. The number of hydrogen-bond donors (Lipinski definition) is 1.